The van der Waals surface area contributed by atoms with Crippen LogP contribution in [0.4, 0.5) is 13.2 Å². The standard InChI is InChI=1S/C13H11BrF3N3O/c1-19(2)6-5-10(21)9-7-18-11-4-3-8(14)12(20(9)11)13(15,16)17/h3-7H,1-2H3. The molecule has 0 amide bonds. The lowest BCUT2D eigenvalue weighted by atomic mass is 10.2. The minimum absolute atomic E-state index is 0.0622. The normalized spacial score (nSPS) is 12.3. The highest BCUT2D eigenvalue weighted by Gasteiger charge is 2.37. The van der Waals surface area contributed by atoms with Gasteiger partial charge in [-0.15, -0.1) is 0 Å². The van der Waals surface area contributed by atoms with Gasteiger partial charge in [-0.3, -0.25) is 9.20 Å². The minimum Gasteiger partial charge on any atom is -0.383 e. The van der Waals surface area contributed by atoms with Crippen molar-refractivity contribution in [3.63, 3.8) is 0 Å². The summed E-state index contributed by atoms with van der Waals surface area (Å²) in [4.78, 5) is 17.5. The number of pyridine rings is 1. The third-order valence-electron chi connectivity index (χ3n) is 2.66. The van der Waals surface area contributed by atoms with E-state index in [1.807, 2.05) is 0 Å². The van der Waals surface area contributed by atoms with Gasteiger partial charge in [0.25, 0.3) is 0 Å². The molecule has 0 N–H and O–H groups in total. The summed E-state index contributed by atoms with van der Waals surface area (Å²) in [6, 6.07) is 2.67. The van der Waals surface area contributed by atoms with Crippen molar-refractivity contribution in [1.29, 1.82) is 0 Å². The molecule has 0 aliphatic heterocycles. The van der Waals surface area contributed by atoms with Crippen LogP contribution >= 0.6 is 15.9 Å². The molecule has 0 radical (unpaired) electrons. The van der Waals surface area contributed by atoms with E-state index in [1.165, 1.54) is 24.4 Å². The van der Waals surface area contributed by atoms with E-state index >= 15 is 0 Å². The molecule has 2 aromatic rings. The Balaban J connectivity index is 2.67. The highest BCUT2D eigenvalue weighted by Crippen LogP contribution is 2.35. The molecule has 0 aliphatic carbocycles. The highest BCUT2D eigenvalue weighted by atomic mass is 79.9. The summed E-state index contributed by atoms with van der Waals surface area (Å²) in [6.45, 7) is 0. The van der Waals surface area contributed by atoms with E-state index in [0.717, 1.165) is 10.6 Å². The number of nitrogens with zero attached hydrogens (tertiary/aromatic N) is 3. The van der Waals surface area contributed by atoms with Crippen molar-refractivity contribution in [1.82, 2.24) is 14.3 Å². The Morgan fingerprint density at radius 3 is 2.62 bits per heavy atom. The third kappa shape index (κ3) is 3.10. The summed E-state index contributed by atoms with van der Waals surface area (Å²) < 4.78 is 40.3. The number of ketones is 1. The molecule has 112 valence electrons. The fourth-order valence-corrected chi connectivity index (χ4v) is 2.32. The van der Waals surface area contributed by atoms with Gasteiger partial charge < -0.3 is 4.90 Å². The fourth-order valence-electron chi connectivity index (χ4n) is 1.79. The third-order valence-corrected chi connectivity index (χ3v) is 3.30. The maximum Gasteiger partial charge on any atom is 0.432 e. The second-order valence-corrected chi connectivity index (χ2v) is 5.36. The maximum atomic E-state index is 13.2. The molecule has 0 fully saturated rings. The molecular formula is C13H11BrF3N3O. The number of alkyl halides is 3. The molecule has 2 rings (SSSR count). The van der Waals surface area contributed by atoms with Crippen molar-refractivity contribution >= 4 is 27.4 Å². The summed E-state index contributed by atoms with van der Waals surface area (Å²) >= 11 is 2.88. The maximum absolute atomic E-state index is 13.2. The Morgan fingerprint density at radius 2 is 2.05 bits per heavy atom. The molecule has 0 spiro atoms. The van der Waals surface area contributed by atoms with E-state index in [4.69, 9.17) is 0 Å². The monoisotopic (exact) mass is 361 g/mol. The number of hydrogen-bond acceptors (Lipinski definition) is 3. The van der Waals surface area contributed by atoms with E-state index in [9.17, 15) is 18.0 Å². The van der Waals surface area contributed by atoms with Gasteiger partial charge in [0.15, 0.2) is 0 Å². The van der Waals surface area contributed by atoms with Crippen LogP contribution in [-0.2, 0) is 6.18 Å². The predicted molar refractivity (Wildman–Crippen MR) is 75.1 cm³/mol. The molecule has 0 aromatic carbocycles. The van der Waals surface area contributed by atoms with E-state index < -0.39 is 17.7 Å². The first-order valence-corrected chi connectivity index (χ1v) is 6.63. The quantitative estimate of drug-likeness (QED) is 0.621. The Morgan fingerprint density at radius 1 is 1.38 bits per heavy atom. The smallest absolute Gasteiger partial charge is 0.383 e. The summed E-state index contributed by atoms with van der Waals surface area (Å²) in [6.07, 6.45) is -0.809. The average molecular weight is 362 g/mol. The summed E-state index contributed by atoms with van der Waals surface area (Å²) in [5.74, 6) is -0.556. The van der Waals surface area contributed by atoms with E-state index in [2.05, 4.69) is 20.9 Å². The number of carbonyl (C=O) groups is 1. The molecule has 0 aliphatic rings. The Labute approximate surface area is 127 Å². The van der Waals surface area contributed by atoms with Crippen molar-refractivity contribution in [3.05, 3.63) is 46.5 Å². The van der Waals surface area contributed by atoms with Crippen molar-refractivity contribution in [2.75, 3.05) is 14.1 Å². The van der Waals surface area contributed by atoms with E-state index in [0.29, 0.717) is 0 Å². The predicted octanol–water partition coefficient (Wildman–Crippen LogP) is 3.37. The molecule has 0 unspecified atom stereocenters. The van der Waals surface area contributed by atoms with Gasteiger partial charge in [-0.25, -0.2) is 4.98 Å². The number of fused-ring (bicyclic) bond motifs is 1. The van der Waals surface area contributed by atoms with Gasteiger partial charge in [-0.2, -0.15) is 13.2 Å². The molecule has 0 saturated heterocycles. The lowest BCUT2D eigenvalue weighted by Crippen LogP contribution is -2.15. The van der Waals surface area contributed by atoms with Crippen LogP contribution in [0.25, 0.3) is 5.65 Å². The molecular weight excluding hydrogens is 351 g/mol. The largest absolute Gasteiger partial charge is 0.432 e. The van der Waals surface area contributed by atoms with E-state index in [-0.39, 0.29) is 15.8 Å². The van der Waals surface area contributed by atoms with Crippen LogP contribution in [-0.4, -0.2) is 34.2 Å². The lowest BCUT2D eigenvalue weighted by Gasteiger charge is -2.13. The topological polar surface area (TPSA) is 37.6 Å². The Kier molecular flexibility index (Phi) is 4.08. The minimum atomic E-state index is -4.61. The summed E-state index contributed by atoms with van der Waals surface area (Å²) in [5.41, 5.74) is -1.04. The van der Waals surface area contributed by atoms with Gasteiger partial charge >= 0.3 is 6.18 Å². The summed E-state index contributed by atoms with van der Waals surface area (Å²) in [7, 11) is 3.41. The number of rotatable bonds is 3. The molecule has 4 nitrogen and oxygen atoms in total. The first-order chi connectivity index (χ1) is 9.71. The van der Waals surface area contributed by atoms with Gasteiger partial charge in [0.1, 0.15) is 17.0 Å². The summed E-state index contributed by atoms with van der Waals surface area (Å²) in [5, 5.41) is 0. The average Bonchev–Trinajstić information content (AvgIpc) is 2.77. The fraction of sp³-hybridized carbons (Fsp3) is 0.231. The first-order valence-electron chi connectivity index (χ1n) is 5.84. The van der Waals surface area contributed by atoms with Crippen LogP contribution in [0.1, 0.15) is 16.2 Å². The zero-order valence-corrected chi connectivity index (χ0v) is 12.7. The van der Waals surface area contributed by atoms with Crippen molar-refractivity contribution < 1.29 is 18.0 Å². The van der Waals surface area contributed by atoms with Crippen LogP contribution in [0.2, 0.25) is 0 Å². The number of carbonyl (C=O) groups excluding carboxylic acids is 1. The number of imidazole rings is 1. The van der Waals surface area contributed by atoms with Crippen molar-refractivity contribution in [2.24, 2.45) is 0 Å². The number of halogens is 4. The zero-order chi connectivity index (χ0) is 15.8. The second-order valence-electron chi connectivity index (χ2n) is 4.51. The van der Waals surface area contributed by atoms with Gasteiger partial charge in [0.05, 0.1) is 6.20 Å². The molecule has 21 heavy (non-hydrogen) atoms. The molecule has 8 heteroatoms. The van der Waals surface area contributed by atoms with Crippen LogP contribution in [0.5, 0.6) is 0 Å². The van der Waals surface area contributed by atoms with Crippen LogP contribution in [0.15, 0.2) is 35.1 Å². The zero-order valence-electron chi connectivity index (χ0n) is 11.1. The van der Waals surface area contributed by atoms with Gasteiger partial charge in [-0.1, -0.05) is 0 Å². The SMILES string of the molecule is CN(C)C=CC(=O)c1cnc2ccc(Br)c(C(F)(F)F)n12. The van der Waals surface area contributed by atoms with Gasteiger partial charge in [-0.05, 0) is 28.1 Å². The Bertz CT molecular complexity index is 719. The number of allylic oxidation sites excluding steroid dienone is 1. The van der Waals surface area contributed by atoms with Crippen LogP contribution in [0, 0.1) is 0 Å². The second kappa shape index (κ2) is 5.51. The molecule has 0 saturated carbocycles. The molecule has 0 atom stereocenters. The van der Waals surface area contributed by atoms with Crippen molar-refractivity contribution in [3.8, 4) is 0 Å². The van der Waals surface area contributed by atoms with Crippen LogP contribution < -0.4 is 0 Å². The molecule has 0 bridgehead atoms. The number of aromatic nitrogens is 2. The molecule has 2 aromatic heterocycles. The molecule has 2 heterocycles. The Hall–Kier alpha value is -1.83. The highest BCUT2D eigenvalue weighted by molar-refractivity contribution is 9.10. The van der Waals surface area contributed by atoms with E-state index in [1.54, 1.807) is 19.0 Å². The first kappa shape index (κ1) is 15.6. The van der Waals surface area contributed by atoms with Crippen molar-refractivity contribution in [2.45, 2.75) is 6.18 Å². The lowest BCUT2D eigenvalue weighted by molar-refractivity contribution is -0.142. The van der Waals surface area contributed by atoms with Crippen LogP contribution in [0.3, 0.4) is 0 Å². The van der Waals surface area contributed by atoms with Gasteiger partial charge in [0.2, 0.25) is 5.78 Å². The van der Waals surface area contributed by atoms with Gasteiger partial charge in [0, 0.05) is 30.8 Å². The number of hydrogen-bond donors (Lipinski definition) is 0.